The number of rotatable bonds is 1. The largest absolute Gasteiger partial charge is 0.237 e. The van der Waals surface area contributed by atoms with Gasteiger partial charge in [0.05, 0.1) is 11.4 Å². The van der Waals surface area contributed by atoms with Crippen molar-refractivity contribution >= 4 is 0 Å². The van der Waals surface area contributed by atoms with Crippen LogP contribution in [0.4, 0.5) is 0 Å². The first-order valence-electron chi connectivity index (χ1n) is 5.11. The van der Waals surface area contributed by atoms with E-state index in [0.717, 1.165) is 30.7 Å². The molecule has 0 radical (unpaired) electrons. The fourth-order valence-corrected chi connectivity index (χ4v) is 1.90. The highest BCUT2D eigenvalue weighted by atomic mass is 14.9. The zero-order valence-electron chi connectivity index (χ0n) is 8.77. The van der Waals surface area contributed by atoms with E-state index in [1.807, 2.05) is 18.2 Å². The van der Waals surface area contributed by atoms with E-state index in [1.165, 1.54) is 0 Å². The molecule has 2 rings (SSSR count). The second-order valence-electron chi connectivity index (χ2n) is 3.78. The first-order chi connectivity index (χ1) is 7.78. The van der Waals surface area contributed by atoms with E-state index in [4.69, 9.17) is 10.5 Å². The van der Waals surface area contributed by atoms with Crippen molar-refractivity contribution in [1.29, 1.82) is 10.5 Å². The summed E-state index contributed by atoms with van der Waals surface area (Å²) in [5.41, 5.74) is 1.96. The third-order valence-corrected chi connectivity index (χ3v) is 2.80. The summed E-state index contributed by atoms with van der Waals surface area (Å²) in [6.07, 6.45) is 4.47. The molecule has 0 N–H and O–H groups in total. The summed E-state index contributed by atoms with van der Waals surface area (Å²) in [7, 11) is 0. The Balaban J connectivity index is 2.48. The Labute approximate surface area is 93.9 Å². The molecule has 1 aromatic rings. The second kappa shape index (κ2) is 4.12. The quantitative estimate of drug-likeness (QED) is 0.658. The Bertz CT molecular complexity index is 519. The van der Waals surface area contributed by atoms with E-state index in [1.54, 1.807) is 0 Å². The van der Waals surface area contributed by atoms with Gasteiger partial charge < -0.3 is 0 Å². The molecule has 0 aromatic carbocycles. The van der Waals surface area contributed by atoms with Crippen molar-refractivity contribution in [3.05, 3.63) is 35.4 Å². The first kappa shape index (κ1) is 10.3. The zero-order chi connectivity index (χ0) is 11.5. The predicted octanol–water partition coefficient (Wildman–Crippen LogP) is 1.51. The Morgan fingerprint density at radius 1 is 1.19 bits per heavy atom. The van der Waals surface area contributed by atoms with Gasteiger partial charge >= 0.3 is 0 Å². The van der Waals surface area contributed by atoms with Gasteiger partial charge in [0.15, 0.2) is 11.4 Å². The summed E-state index contributed by atoms with van der Waals surface area (Å²) in [6.45, 7) is 3.77. The molecule has 0 aliphatic heterocycles. The van der Waals surface area contributed by atoms with Crippen molar-refractivity contribution in [3.63, 3.8) is 0 Å². The number of allylic oxidation sites excluding steroid dienone is 1. The summed E-state index contributed by atoms with van der Waals surface area (Å²) < 4.78 is 0. The SMILES string of the molecule is C=CC1CCc2nc(C#N)c(C#N)nc2C1. The van der Waals surface area contributed by atoms with E-state index in [9.17, 15) is 0 Å². The number of aryl methyl sites for hydroxylation is 1. The van der Waals surface area contributed by atoms with Crippen LogP contribution < -0.4 is 0 Å². The fraction of sp³-hybridized carbons (Fsp3) is 0.333. The minimum absolute atomic E-state index is 0.131. The lowest BCUT2D eigenvalue weighted by Gasteiger charge is -2.20. The number of nitriles is 2. The molecule has 1 heterocycles. The molecule has 1 unspecified atom stereocenters. The van der Waals surface area contributed by atoms with Crippen LogP contribution in [-0.4, -0.2) is 9.97 Å². The van der Waals surface area contributed by atoms with Gasteiger partial charge in [-0.2, -0.15) is 10.5 Å². The normalized spacial score (nSPS) is 18.0. The van der Waals surface area contributed by atoms with Gasteiger partial charge in [0, 0.05) is 0 Å². The van der Waals surface area contributed by atoms with Crippen LogP contribution in [-0.2, 0) is 12.8 Å². The maximum atomic E-state index is 8.85. The Kier molecular flexibility index (Phi) is 2.66. The van der Waals surface area contributed by atoms with Crippen molar-refractivity contribution in [2.45, 2.75) is 19.3 Å². The molecule has 4 heteroatoms. The summed E-state index contributed by atoms with van der Waals surface area (Å²) >= 11 is 0. The molecule has 0 saturated carbocycles. The molecule has 78 valence electrons. The smallest absolute Gasteiger partial charge is 0.177 e. The molecule has 4 nitrogen and oxygen atoms in total. The Hall–Kier alpha value is -2.20. The maximum Gasteiger partial charge on any atom is 0.177 e. The van der Waals surface area contributed by atoms with Crippen LogP contribution in [0, 0.1) is 28.6 Å². The number of hydrogen-bond donors (Lipinski definition) is 0. The lowest BCUT2D eigenvalue weighted by Crippen LogP contribution is -2.17. The lowest BCUT2D eigenvalue weighted by molar-refractivity contribution is 0.531. The van der Waals surface area contributed by atoms with E-state index in [-0.39, 0.29) is 11.4 Å². The van der Waals surface area contributed by atoms with Crippen molar-refractivity contribution < 1.29 is 0 Å². The molecule has 16 heavy (non-hydrogen) atoms. The minimum Gasteiger partial charge on any atom is -0.237 e. The van der Waals surface area contributed by atoms with Gasteiger partial charge in [0.25, 0.3) is 0 Å². The van der Waals surface area contributed by atoms with Crippen molar-refractivity contribution in [2.75, 3.05) is 0 Å². The molecule has 0 saturated heterocycles. The zero-order valence-corrected chi connectivity index (χ0v) is 8.77. The first-order valence-corrected chi connectivity index (χ1v) is 5.11. The third kappa shape index (κ3) is 1.66. The van der Waals surface area contributed by atoms with Gasteiger partial charge in [-0.05, 0) is 25.2 Å². The summed E-state index contributed by atoms with van der Waals surface area (Å²) in [4.78, 5) is 8.40. The topological polar surface area (TPSA) is 73.4 Å². The molecule has 0 amide bonds. The highest BCUT2D eigenvalue weighted by Crippen LogP contribution is 2.24. The van der Waals surface area contributed by atoms with Crippen molar-refractivity contribution in [3.8, 4) is 12.1 Å². The number of fused-ring (bicyclic) bond motifs is 1. The van der Waals surface area contributed by atoms with Crippen LogP contribution in [0.1, 0.15) is 29.2 Å². The number of hydrogen-bond acceptors (Lipinski definition) is 4. The summed E-state index contributed by atoms with van der Waals surface area (Å²) in [5, 5.41) is 17.7. The van der Waals surface area contributed by atoms with E-state index < -0.39 is 0 Å². The number of aromatic nitrogens is 2. The average Bonchev–Trinajstić information content (AvgIpc) is 2.36. The van der Waals surface area contributed by atoms with Gasteiger partial charge in [-0.25, -0.2) is 9.97 Å². The Morgan fingerprint density at radius 2 is 1.81 bits per heavy atom. The van der Waals surface area contributed by atoms with Crippen LogP contribution in [0.15, 0.2) is 12.7 Å². The maximum absolute atomic E-state index is 8.85. The lowest BCUT2D eigenvalue weighted by atomic mass is 9.89. The van der Waals surface area contributed by atoms with Crippen molar-refractivity contribution in [2.24, 2.45) is 5.92 Å². The van der Waals surface area contributed by atoms with Gasteiger partial charge in [-0.15, -0.1) is 6.58 Å². The molecule has 1 aliphatic rings. The van der Waals surface area contributed by atoms with E-state index >= 15 is 0 Å². The molecule has 0 spiro atoms. The molecular weight excluding hydrogens is 200 g/mol. The van der Waals surface area contributed by atoms with Crippen LogP contribution in [0.25, 0.3) is 0 Å². The summed E-state index contributed by atoms with van der Waals surface area (Å²) in [6, 6.07) is 3.81. The third-order valence-electron chi connectivity index (χ3n) is 2.80. The van der Waals surface area contributed by atoms with Gasteiger partial charge in [-0.1, -0.05) is 6.08 Å². The minimum atomic E-state index is 0.131. The van der Waals surface area contributed by atoms with Gasteiger partial charge in [-0.3, -0.25) is 0 Å². The van der Waals surface area contributed by atoms with Crippen LogP contribution in [0.5, 0.6) is 0 Å². The number of nitrogens with zero attached hydrogens (tertiary/aromatic N) is 4. The molecule has 0 fully saturated rings. The second-order valence-corrected chi connectivity index (χ2v) is 3.78. The highest BCUT2D eigenvalue weighted by molar-refractivity contribution is 5.38. The molecule has 0 bridgehead atoms. The van der Waals surface area contributed by atoms with E-state index in [2.05, 4.69) is 16.5 Å². The fourth-order valence-electron chi connectivity index (χ4n) is 1.90. The molecular formula is C12H10N4. The van der Waals surface area contributed by atoms with Crippen LogP contribution in [0.2, 0.25) is 0 Å². The average molecular weight is 210 g/mol. The predicted molar refractivity (Wildman–Crippen MR) is 57.2 cm³/mol. The summed E-state index contributed by atoms with van der Waals surface area (Å²) in [5.74, 6) is 0.404. The van der Waals surface area contributed by atoms with Crippen molar-refractivity contribution in [1.82, 2.24) is 9.97 Å². The highest BCUT2D eigenvalue weighted by Gasteiger charge is 2.21. The van der Waals surface area contributed by atoms with Gasteiger partial charge in [0.1, 0.15) is 12.1 Å². The molecule has 1 atom stereocenters. The Morgan fingerprint density at radius 3 is 2.38 bits per heavy atom. The molecule has 1 aliphatic carbocycles. The van der Waals surface area contributed by atoms with Gasteiger partial charge in [0.2, 0.25) is 0 Å². The molecule has 1 aromatic heterocycles. The van der Waals surface area contributed by atoms with Crippen LogP contribution in [0.3, 0.4) is 0 Å². The standard InChI is InChI=1S/C12H10N4/c1-2-8-3-4-9-10(5-8)16-12(7-14)11(6-13)15-9/h2,8H,1,3-5H2. The monoisotopic (exact) mass is 210 g/mol. The van der Waals surface area contributed by atoms with E-state index in [0.29, 0.717) is 5.92 Å². The van der Waals surface area contributed by atoms with Crippen LogP contribution >= 0.6 is 0 Å².